The van der Waals surface area contributed by atoms with E-state index in [1.807, 2.05) is 18.2 Å². The Morgan fingerprint density at radius 1 is 1.44 bits per heavy atom. The lowest BCUT2D eigenvalue weighted by molar-refractivity contribution is 0.378. The van der Waals surface area contributed by atoms with Gasteiger partial charge in [-0.1, -0.05) is 25.8 Å². The van der Waals surface area contributed by atoms with Crippen LogP contribution in [0.3, 0.4) is 0 Å². The highest BCUT2D eigenvalue weighted by atomic mass is 14.9. The Morgan fingerprint density at radius 3 is 2.88 bits per heavy atom. The fraction of sp³-hybridized carbons (Fsp3) is 0.467. The SMILES string of the molecule is C#Cc1cccc(NC2CCC(C)(C)C2)c1. The molecule has 0 amide bonds. The Bertz CT molecular complexity index is 412. The molecule has 84 valence electrons. The van der Waals surface area contributed by atoms with E-state index in [1.54, 1.807) is 0 Å². The standard InChI is InChI=1S/C15H19N/c1-4-12-6-5-7-13(10-12)16-14-8-9-15(2,3)11-14/h1,5-7,10,14,16H,8-9,11H2,2-3H3. The van der Waals surface area contributed by atoms with Gasteiger partial charge in [0.1, 0.15) is 0 Å². The predicted molar refractivity (Wildman–Crippen MR) is 69.4 cm³/mol. The van der Waals surface area contributed by atoms with Crippen molar-refractivity contribution in [3.8, 4) is 12.3 Å². The minimum atomic E-state index is 0.487. The maximum absolute atomic E-state index is 5.39. The number of rotatable bonds is 2. The van der Waals surface area contributed by atoms with Gasteiger partial charge in [-0.05, 0) is 42.9 Å². The van der Waals surface area contributed by atoms with Gasteiger partial charge in [-0.2, -0.15) is 0 Å². The summed E-state index contributed by atoms with van der Waals surface area (Å²) in [6.45, 7) is 4.68. The van der Waals surface area contributed by atoms with Gasteiger partial charge in [-0.25, -0.2) is 0 Å². The zero-order valence-corrected chi connectivity index (χ0v) is 10.1. The Balaban J connectivity index is 2.02. The Labute approximate surface area is 98.3 Å². The van der Waals surface area contributed by atoms with Crippen molar-refractivity contribution in [3.05, 3.63) is 29.8 Å². The predicted octanol–water partition coefficient (Wildman–Crippen LogP) is 3.66. The van der Waals surface area contributed by atoms with E-state index in [1.165, 1.54) is 19.3 Å². The van der Waals surface area contributed by atoms with Crippen LogP contribution in [0.4, 0.5) is 5.69 Å². The Hall–Kier alpha value is -1.42. The van der Waals surface area contributed by atoms with E-state index in [0.717, 1.165) is 11.3 Å². The average molecular weight is 213 g/mol. The molecule has 0 aromatic heterocycles. The van der Waals surface area contributed by atoms with Crippen molar-refractivity contribution in [2.45, 2.75) is 39.2 Å². The molecule has 0 aliphatic heterocycles. The van der Waals surface area contributed by atoms with Crippen LogP contribution in [0, 0.1) is 17.8 Å². The zero-order valence-electron chi connectivity index (χ0n) is 10.1. The van der Waals surface area contributed by atoms with Crippen LogP contribution in [0.5, 0.6) is 0 Å². The number of hydrogen-bond acceptors (Lipinski definition) is 1. The fourth-order valence-corrected chi connectivity index (χ4v) is 2.49. The summed E-state index contributed by atoms with van der Waals surface area (Å²) in [5.41, 5.74) is 2.59. The van der Waals surface area contributed by atoms with Crippen LogP contribution in [0.2, 0.25) is 0 Å². The minimum Gasteiger partial charge on any atom is -0.382 e. The summed E-state index contributed by atoms with van der Waals surface area (Å²) in [7, 11) is 0. The molecule has 1 nitrogen and oxygen atoms in total. The van der Waals surface area contributed by atoms with Gasteiger partial charge in [0.2, 0.25) is 0 Å². The third kappa shape index (κ3) is 2.58. The van der Waals surface area contributed by atoms with Crippen LogP contribution < -0.4 is 5.32 Å². The van der Waals surface area contributed by atoms with Crippen molar-refractivity contribution in [2.24, 2.45) is 5.41 Å². The molecule has 1 atom stereocenters. The van der Waals surface area contributed by atoms with Crippen molar-refractivity contribution in [3.63, 3.8) is 0 Å². The molecule has 1 saturated carbocycles. The van der Waals surface area contributed by atoms with E-state index < -0.39 is 0 Å². The summed E-state index contributed by atoms with van der Waals surface area (Å²) >= 11 is 0. The highest BCUT2D eigenvalue weighted by molar-refractivity contribution is 5.50. The first-order chi connectivity index (χ1) is 7.59. The molecule has 1 aromatic rings. The van der Waals surface area contributed by atoms with Crippen molar-refractivity contribution in [2.75, 3.05) is 5.32 Å². The van der Waals surface area contributed by atoms with E-state index in [-0.39, 0.29) is 0 Å². The molecule has 0 radical (unpaired) electrons. The van der Waals surface area contributed by atoms with Crippen molar-refractivity contribution >= 4 is 5.69 Å². The minimum absolute atomic E-state index is 0.487. The molecule has 1 aliphatic rings. The number of benzene rings is 1. The highest BCUT2D eigenvalue weighted by Crippen LogP contribution is 2.38. The van der Waals surface area contributed by atoms with E-state index >= 15 is 0 Å². The van der Waals surface area contributed by atoms with E-state index in [4.69, 9.17) is 6.42 Å². The quantitative estimate of drug-likeness (QED) is 0.739. The lowest BCUT2D eigenvalue weighted by Gasteiger charge is -2.18. The zero-order chi connectivity index (χ0) is 11.6. The summed E-state index contributed by atoms with van der Waals surface area (Å²) in [5, 5.41) is 3.58. The third-order valence-electron chi connectivity index (χ3n) is 3.37. The smallest absolute Gasteiger partial charge is 0.0354 e. The molecule has 1 fully saturated rings. The summed E-state index contributed by atoms with van der Waals surface area (Å²) in [6, 6.07) is 8.71. The summed E-state index contributed by atoms with van der Waals surface area (Å²) in [4.78, 5) is 0. The van der Waals surface area contributed by atoms with Crippen LogP contribution in [0.1, 0.15) is 38.7 Å². The lowest BCUT2D eigenvalue weighted by atomic mass is 9.92. The number of hydrogen-bond donors (Lipinski definition) is 1. The molecule has 1 aromatic carbocycles. The normalized spacial score (nSPS) is 22.7. The second-order valence-electron chi connectivity index (χ2n) is 5.47. The largest absolute Gasteiger partial charge is 0.382 e. The van der Waals surface area contributed by atoms with Crippen LogP contribution >= 0.6 is 0 Å². The van der Waals surface area contributed by atoms with Crippen LogP contribution in [-0.2, 0) is 0 Å². The Kier molecular flexibility index (Phi) is 2.92. The molecular formula is C15H19N. The highest BCUT2D eigenvalue weighted by Gasteiger charge is 2.30. The van der Waals surface area contributed by atoms with Crippen LogP contribution in [0.25, 0.3) is 0 Å². The van der Waals surface area contributed by atoms with E-state index in [0.29, 0.717) is 11.5 Å². The molecule has 1 N–H and O–H groups in total. The second-order valence-corrected chi connectivity index (χ2v) is 5.47. The maximum atomic E-state index is 5.39. The van der Waals surface area contributed by atoms with Crippen LogP contribution in [-0.4, -0.2) is 6.04 Å². The molecular weight excluding hydrogens is 194 g/mol. The first-order valence-corrected chi connectivity index (χ1v) is 5.92. The first-order valence-electron chi connectivity index (χ1n) is 5.92. The van der Waals surface area contributed by atoms with E-state index in [9.17, 15) is 0 Å². The molecule has 0 saturated heterocycles. The van der Waals surface area contributed by atoms with Crippen molar-refractivity contribution in [1.82, 2.24) is 0 Å². The van der Waals surface area contributed by atoms with Gasteiger partial charge >= 0.3 is 0 Å². The molecule has 1 unspecified atom stereocenters. The van der Waals surface area contributed by atoms with Crippen LogP contribution in [0.15, 0.2) is 24.3 Å². The number of anilines is 1. The average Bonchev–Trinajstić information content (AvgIpc) is 2.58. The summed E-state index contributed by atoms with van der Waals surface area (Å²) < 4.78 is 0. The Morgan fingerprint density at radius 2 is 2.25 bits per heavy atom. The lowest BCUT2D eigenvalue weighted by Crippen LogP contribution is -2.17. The molecule has 2 rings (SSSR count). The van der Waals surface area contributed by atoms with Gasteiger partial charge in [-0.3, -0.25) is 0 Å². The van der Waals surface area contributed by atoms with Gasteiger partial charge in [0.15, 0.2) is 0 Å². The van der Waals surface area contributed by atoms with Gasteiger partial charge in [0.05, 0.1) is 0 Å². The topological polar surface area (TPSA) is 12.0 Å². The number of terminal acetylenes is 1. The monoisotopic (exact) mass is 213 g/mol. The molecule has 1 heteroatoms. The van der Waals surface area contributed by atoms with Gasteiger partial charge < -0.3 is 5.32 Å². The van der Waals surface area contributed by atoms with Gasteiger partial charge in [0.25, 0.3) is 0 Å². The molecule has 0 spiro atoms. The molecule has 0 heterocycles. The van der Waals surface area contributed by atoms with Gasteiger partial charge in [0, 0.05) is 17.3 Å². The van der Waals surface area contributed by atoms with E-state index in [2.05, 4.69) is 31.2 Å². The fourth-order valence-electron chi connectivity index (χ4n) is 2.49. The molecule has 16 heavy (non-hydrogen) atoms. The maximum Gasteiger partial charge on any atom is 0.0354 e. The number of nitrogens with one attached hydrogen (secondary N) is 1. The summed E-state index contributed by atoms with van der Waals surface area (Å²) in [5.74, 6) is 2.67. The van der Waals surface area contributed by atoms with Crippen molar-refractivity contribution in [1.29, 1.82) is 0 Å². The molecule has 0 bridgehead atoms. The third-order valence-corrected chi connectivity index (χ3v) is 3.37. The van der Waals surface area contributed by atoms with Gasteiger partial charge in [-0.15, -0.1) is 6.42 Å². The summed E-state index contributed by atoms with van der Waals surface area (Å²) in [6.07, 6.45) is 9.20. The van der Waals surface area contributed by atoms with Crippen molar-refractivity contribution < 1.29 is 0 Å². The first kappa shape index (κ1) is 11.1. The molecule has 1 aliphatic carbocycles. The second kappa shape index (κ2) is 4.22.